The number of benzene rings is 1. The van der Waals surface area contributed by atoms with Crippen molar-refractivity contribution < 1.29 is 4.79 Å². The van der Waals surface area contributed by atoms with Gasteiger partial charge >= 0.3 is 0 Å². The van der Waals surface area contributed by atoms with E-state index in [2.05, 4.69) is 17.6 Å². The molecular formula is C15H21Cl2N3O. The molecule has 0 spiro atoms. The minimum absolute atomic E-state index is 0.109. The van der Waals surface area contributed by atoms with Crippen LogP contribution in [0.15, 0.2) is 18.2 Å². The van der Waals surface area contributed by atoms with Gasteiger partial charge in [0.25, 0.3) is 0 Å². The number of rotatable bonds is 5. The van der Waals surface area contributed by atoms with Crippen LogP contribution in [0.25, 0.3) is 0 Å². The first kappa shape index (κ1) is 16.6. The first-order valence-electron chi connectivity index (χ1n) is 7.03. The van der Waals surface area contributed by atoms with Crippen LogP contribution in [-0.4, -0.2) is 44.0 Å². The first-order chi connectivity index (χ1) is 9.89. The van der Waals surface area contributed by atoms with Gasteiger partial charge in [-0.1, -0.05) is 36.2 Å². The fraction of sp³-hybridized carbons (Fsp3) is 0.533. The molecule has 1 unspecified atom stereocenters. The maximum atomic E-state index is 12.1. The standard InChI is InChI=1S/C15H21Cl2N3O/c1-15(6-7-18-9-15)10-20(2)8-13(21)19-14-11(16)4-3-5-12(14)17/h3-5,18H,6-10H2,1-2H3,(H,19,21). The number of carbonyl (C=O) groups excluding carboxylic acids is 1. The highest BCUT2D eigenvalue weighted by atomic mass is 35.5. The molecule has 1 saturated heterocycles. The highest BCUT2D eigenvalue weighted by molar-refractivity contribution is 6.39. The van der Waals surface area contributed by atoms with E-state index < -0.39 is 0 Å². The van der Waals surface area contributed by atoms with Crippen LogP contribution in [0.3, 0.4) is 0 Å². The number of nitrogens with one attached hydrogen (secondary N) is 2. The van der Waals surface area contributed by atoms with Crippen LogP contribution >= 0.6 is 23.2 Å². The molecule has 0 radical (unpaired) electrons. The van der Waals surface area contributed by atoms with E-state index in [-0.39, 0.29) is 11.3 Å². The summed E-state index contributed by atoms with van der Waals surface area (Å²) in [5.41, 5.74) is 0.713. The lowest BCUT2D eigenvalue weighted by Gasteiger charge is -2.28. The number of halogens is 2. The number of amides is 1. The molecule has 2 N–H and O–H groups in total. The predicted molar refractivity (Wildman–Crippen MR) is 88.2 cm³/mol. The van der Waals surface area contributed by atoms with Gasteiger partial charge in [-0.2, -0.15) is 0 Å². The highest BCUT2D eigenvalue weighted by Crippen LogP contribution is 2.30. The van der Waals surface area contributed by atoms with Gasteiger partial charge in [0.1, 0.15) is 0 Å². The molecule has 4 nitrogen and oxygen atoms in total. The van der Waals surface area contributed by atoms with Crippen molar-refractivity contribution in [3.8, 4) is 0 Å². The quantitative estimate of drug-likeness (QED) is 0.873. The lowest BCUT2D eigenvalue weighted by molar-refractivity contribution is -0.117. The second-order valence-electron chi connectivity index (χ2n) is 6.05. The van der Waals surface area contributed by atoms with Crippen LogP contribution < -0.4 is 10.6 Å². The lowest BCUT2D eigenvalue weighted by atomic mass is 9.89. The van der Waals surface area contributed by atoms with Crippen LogP contribution in [0.1, 0.15) is 13.3 Å². The van der Waals surface area contributed by atoms with E-state index >= 15 is 0 Å². The third kappa shape index (κ3) is 4.58. The first-order valence-corrected chi connectivity index (χ1v) is 7.78. The maximum absolute atomic E-state index is 12.1. The van der Waals surface area contributed by atoms with Crippen LogP contribution in [0.5, 0.6) is 0 Å². The molecule has 0 saturated carbocycles. The summed E-state index contributed by atoms with van der Waals surface area (Å²) < 4.78 is 0. The number of nitrogens with zero attached hydrogens (tertiary/aromatic N) is 1. The zero-order chi connectivity index (χ0) is 15.5. The largest absolute Gasteiger partial charge is 0.322 e. The summed E-state index contributed by atoms with van der Waals surface area (Å²) in [5.74, 6) is -0.109. The van der Waals surface area contributed by atoms with Gasteiger partial charge in [0.15, 0.2) is 0 Å². The van der Waals surface area contributed by atoms with Gasteiger partial charge in [-0.25, -0.2) is 0 Å². The fourth-order valence-corrected chi connectivity index (χ4v) is 3.24. The molecule has 0 aromatic heterocycles. The van der Waals surface area contributed by atoms with Crippen molar-refractivity contribution in [2.45, 2.75) is 13.3 Å². The van der Waals surface area contributed by atoms with E-state index in [1.54, 1.807) is 18.2 Å². The average molecular weight is 330 g/mol. The third-order valence-electron chi connectivity index (χ3n) is 3.75. The van der Waals surface area contributed by atoms with Crippen LogP contribution in [0.2, 0.25) is 10.0 Å². The van der Waals surface area contributed by atoms with Crippen LogP contribution in [0, 0.1) is 5.41 Å². The van der Waals surface area contributed by atoms with E-state index in [0.29, 0.717) is 22.3 Å². The summed E-state index contributed by atoms with van der Waals surface area (Å²) in [5, 5.41) is 7.05. The molecule has 1 atom stereocenters. The van der Waals surface area contributed by atoms with Gasteiger partial charge < -0.3 is 10.6 Å². The summed E-state index contributed by atoms with van der Waals surface area (Å²) >= 11 is 12.1. The smallest absolute Gasteiger partial charge is 0.238 e. The molecule has 21 heavy (non-hydrogen) atoms. The number of hydrogen-bond donors (Lipinski definition) is 2. The van der Waals surface area contributed by atoms with E-state index in [4.69, 9.17) is 23.2 Å². The Labute approximate surface area is 135 Å². The molecule has 1 heterocycles. The molecule has 1 aliphatic heterocycles. The molecule has 1 aromatic carbocycles. The van der Waals surface area contributed by atoms with Gasteiger partial charge in [-0.3, -0.25) is 9.69 Å². The van der Waals surface area contributed by atoms with Crippen molar-refractivity contribution in [1.82, 2.24) is 10.2 Å². The lowest BCUT2D eigenvalue weighted by Crippen LogP contribution is -2.39. The van der Waals surface area contributed by atoms with Gasteiger partial charge in [0, 0.05) is 13.1 Å². The Morgan fingerprint density at radius 3 is 2.67 bits per heavy atom. The maximum Gasteiger partial charge on any atom is 0.238 e. The molecule has 2 rings (SSSR count). The molecule has 6 heteroatoms. The molecule has 116 valence electrons. The van der Waals surface area contributed by atoms with Crippen molar-refractivity contribution in [1.29, 1.82) is 0 Å². The Morgan fingerprint density at radius 1 is 1.43 bits per heavy atom. The fourth-order valence-electron chi connectivity index (χ4n) is 2.75. The normalized spacial score (nSPS) is 21.8. The summed E-state index contributed by atoms with van der Waals surface area (Å²) in [7, 11) is 1.96. The second kappa shape index (κ2) is 6.97. The minimum atomic E-state index is -0.109. The zero-order valence-corrected chi connectivity index (χ0v) is 13.9. The molecule has 1 fully saturated rings. The Hall–Kier alpha value is -0.810. The van der Waals surface area contributed by atoms with Crippen LogP contribution in [0.4, 0.5) is 5.69 Å². The van der Waals surface area contributed by atoms with Gasteiger partial charge in [-0.15, -0.1) is 0 Å². The Morgan fingerprint density at radius 2 is 2.10 bits per heavy atom. The van der Waals surface area contributed by atoms with Crippen molar-refractivity contribution >= 4 is 34.8 Å². The molecule has 0 bridgehead atoms. The third-order valence-corrected chi connectivity index (χ3v) is 4.38. The molecule has 1 aliphatic rings. The number of likely N-dealkylation sites (N-methyl/N-ethyl adjacent to an activating group) is 1. The van der Waals surface area contributed by atoms with Gasteiger partial charge in [0.2, 0.25) is 5.91 Å². The van der Waals surface area contributed by atoms with Crippen molar-refractivity contribution in [3.05, 3.63) is 28.2 Å². The predicted octanol–water partition coefficient (Wildman–Crippen LogP) is 2.86. The van der Waals surface area contributed by atoms with E-state index in [1.165, 1.54) is 0 Å². The minimum Gasteiger partial charge on any atom is -0.322 e. The summed E-state index contributed by atoms with van der Waals surface area (Å²) in [6.45, 7) is 5.48. The number of carbonyl (C=O) groups is 1. The van der Waals surface area contributed by atoms with E-state index in [9.17, 15) is 4.79 Å². The van der Waals surface area contributed by atoms with Gasteiger partial charge in [-0.05, 0) is 37.6 Å². The van der Waals surface area contributed by atoms with Crippen LogP contribution in [-0.2, 0) is 4.79 Å². The Kier molecular flexibility index (Phi) is 5.49. The van der Waals surface area contributed by atoms with Gasteiger partial charge in [0.05, 0.1) is 22.3 Å². The average Bonchev–Trinajstić information content (AvgIpc) is 2.80. The second-order valence-corrected chi connectivity index (χ2v) is 6.87. The SMILES string of the molecule is CN(CC(=O)Nc1c(Cl)cccc1Cl)CC1(C)CCNC1. The van der Waals surface area contributed by atoms with Crippen molar-refractivity contribution in [3.63, 3.8) is 0 Å². The Bertz CT molecular complexity index is 495. The van der Waals surface area contributed by atoms with E-state index in [1.807, 2.05) is 11.9 Å². The highest BCUT2D eigenvalue weighted by Gasteiger charge is 2.30. The molecule has 0 aliphatic carbocycles. The zero-order valence-electron chi connectivity index (χ0n) is 12.4. The molecule has 1 aromatic rings. The number of para-hydroxylation sites is 1. The topological polar surface area (TPSA) is 44.4 Å². The van der Waals surface area contributed by atoms with Crippen molar-refractivity contribution in [2.75, 3.05) is 38.5 Å². The summed E-state index contributed by atoms with van der Waals surface area (Å²) in [6, 6.07) is 5.16. The summed E-state index contributed by atoms with van der Waals surface area (Å²) in [4.78, 5) is 14.2. The summed E-state index contributed by atoms with van der Waals surface area (Å²) in [6.07, 6.45) is 1.13. The van der Waals surface area contributed by atoms with E-state index in [0.717, 1.165) is 26.1 Å². The number of anilines is 1. The number of hydrogen-bond acceptors (Lipinski definition) is 3. The monoisotopic (exact) mass is 329 g/mol. The molecule has 1 amide bonds. The van der Waals surface area contributed by atoms with Crippen molar-refractivity contribution in [2.24, 2.45) is 5.41 Å². The Balaban J connectivity index is 1.89. The molecular weight excluding hydrogens is 309 g/mol.